The molecule has 0 amide bonds. The molecular weight excluding hydrogens is 737 g/mol. The normalized spacial score (nSPS) is 14.6. The van der Waals surface area contributed by atoms with E-state index in [1.807, 2.05) is 24.3 Å². The molecule has 0 heterocycles. The molecule has 0 radical (unpaired) electrons. The van der Waals surface area contributed by atoms with Crippen molar-refractivity contribution in [1.29, 1.82) is 0 Å². The molecule has 0 aliphatic carbocycles. The summed E-state index contributed by atoms with van der Waals surface area (Å²) < 4.78 is 0. The first-order valence-electron chi connectivity index (χ1n) is 23.9. The second-order valence-corrected chi connectivity index (χ2v) is 18.4. The molecule has 0 aliphatic heterocycles. The number of hydrogen-bond acceptors (Lipinski definition) is 4. The minimum absolute atomic E-state index is 0.311. The summed E-state index contributed by atoms with van der Waals surface area (Å²) in [6.45, 7) is 49.7. The molecule has 4 nitrogen and oxygen atoms in total. The van der Waals surface area contributed by atoms with E-state index in [-0.39, 0.29) is 0 Å². The summed E-state index contributed by atoms with van der Waals surface area (Å²) >= 11 is 0. The van der Waals surface area contributed by atoms with Gasteiger partial charge in [-0.25, -0.2) is 0 Å². The summed E-state index contributed by atoms with van der Waals surface area (Å²) in [6.07, 6.45) is 30.1. The molecule has 0 fully saturated rings. The first-order chi connectivity index (χ1) is 28.5. The maximum Gasteiger partial charge on any atom is 0.0433 e. The van der Waals surface area contributed by atoms with Gasteiger partial charge < -0.3 is 20.4 Å². The van der Waals surface area contributed by atoms with Gasteiger partial charge in [-0.2, -0.15) is 0 Å². The molecule has 4 N–H and O–H groups in total. The minimum atomic E-state index is 0.311. The summed E-state index contributed by atoms with van der Waals surface area (Å²) in [5.41, 5.74) is 5.14. The zero-order chi connectivity index (χ0) is 46.7. The summed E-state index contributed by atoms with van der Waals surface area (Å²) in [6, 6.07) is 0. The van der Waals surface area contributed by atoms with Gasteiger partial charge in [-0.15, -0.1) is 26.3 Å². The highest BCUT2D eigenvalue weighted by atomic mass is 16.3. The SMILES string of the molecule is C=CCC[C@@H](CC[C@@H](C)CCO)C(=C)C.C=CCC[C@@H](CC[C@H](C)CCO)C(=C)C.C=CCC[C@H](CC[C@@H](C)CCO)C(=C)C.C=CCC[C@H](CC[C@H](C)CCO)C(=C)C. The van der Waals surface area contributed by atoms with Gasteiger partial charge in [-0.1, -0.05) is 126 Å². The Morgan fingerprint density at radius 3 is 0.600 bits per heavy atom. The molecule has 0 spiro atoms. The monoisotopic (exact) mass is 841 g/mol. The lowest BCUT2D eigenvalue weighted by Crippen LogP contribution is -2.05. The van der Waals surface area contributed by atoms with E-state index in [1.54, 1.807) is 0 Å². The maximum absolute atomic E-state index is 8.82. The van der Waals surface area contributed by atoms with Gasteiger partial charge in [0.15, 0.2) is 0 Å². The predicted octanol–water partition coefficient (Wildman–Crippen LogP) is 15.8. The van der Waals surface area contributed by atoms with Crippen molar-refractivity contribution in [2.24, 2.45) is 47.3 Å². The van der Waals surface area contributed by atoms with Crippen molar-refractivity contribution in [3.05, 3.63) is 99.2 Å². The zero-order valence-corrected chi connectivity index (χ0v) is 41.3. The average Bonchev–Trinajstić information content (AvgIpc) is 3.18. The molecule has 352 valence electrons. The number of hydrogen-bond donors (Lipinski definition) is 4. The zero-order valence-electron chi connectivity index (χ0n) is 41.3. The Bertz CT molecular complexity index is 903. The fraction of sp³-hybridized carbons (Fsp3) is 0.714. The highest BCUT2D eigenvalue weighted by molar-refractivity contribution is 4.99. The van der Waals surface area contributed by atoms with Crippen molar-refractivity contribution in [3.8, 4) is 0 Å². The molecule has 4 heteroatoms. The van der Waals surface area contributed by atoms with Gasteiger partial charge in [0, 0.05) is 26.4 Å². The summed E-state index contributed by atoms with van der Waals surface area (Å²) in [7, 11) is 0. The lowest BCUT2D eigenvalue weighted by Gasteiger charge is -2.18. The Labute approximate surface area is 375 Å². The first-order valence-corrected chi connectivity index (χ1v) is 23.9. The van der Waals surface area contributed by atoms with Crippen molar-refractivity contribution < 1.29 is 20.4 Å². The van der Waals surface area contributed by atoms with Crippen molar-refractivity contribution in [3.63, 3.8) is 0 Å². The summed E-state index contributed by atoms with van der Waals surface area (Å²) in [4.78, 5) is 0. The van der Waals surface area contributed by atoms with Crippen LogP contribution in [0.4, 0.5) is 0 Å². The minimum Gasteiger partial charge on any atom is -0.396 e. The van der Waals surface area contributed by atoms with E-state index in [4.69, 9.17) is 20.4 Å². The lowest BCUT2D eigenvalue weighted by atomic mass is 9.88. The van der Waals surface area contributed by atoms with Crippen LogP contribution in [-0.4, -0.2) is 46.9 Å². The fourth-order valence-corrected chi connectivity index (χ4v) is 7.23. The van der Waals surface area contributed by atoms with E-state index in [0.717, 1.165) is 51.4 Å². The number of aliphatic hydroxyl groups excluding tert-OH is 4. The van der Waals surface area contributed by atoms with Gasteiger partial charge >= 0.3 is 0 Å². The third-order valence-electron chi connectivity index (χ3n) is 12.2. The van der Waals surface area contributed by atoms with Crippen LogP contribution in [0.25, 0.3) is 0 Å². The Hall–Kier alpha value is -2.24. The van der Waals surface area contributed by atoms with E-state index in [0.29, 0.717) is 73.8 Å². The third-order valence-corrected chi connectivity index (χ3v) is 12.2. The number of aliphatic hydroxyl groups is 4. The number of allylic oxidation sites excluding steroid dienone is 8. The molecule has 60 heavy (non-hydrogen) atoms. The Balaban J connectivity index is -0.000000348. The molecule has 8 atom stereocenters. The summed E-state index contributed by atoms with van der Waals surface area (Å²) in [5, 5.41) is 35.3. The average molecular weight is 841 g/mol. The number of rotatable bonds is 36. The molecule has 0 saturated carbocycles. The Morgan fingerprint density at radius 1 is 0.317 bits per heavy atom. The van der Waals surface area contributed by atoms with Crippen LogP contribution in [0.5, 0.6) is 0 Å². The van der Waals surface area contributed by atoms with Crippen molar-refractivity contribution >= 4 is 0 Å². The van der Waals surface area contributed by atoms with Gasteiger partial charge in [0.2, 0.25) is 0 Å². The van der Waals surface area contributed by atoms with E-state index in [1.165, 1.54) is 99.3 Å². The van der Waals surface area contributed by atoms with Crippen molar-refractivity contribution in [2.45, 2.75) is 184 Å². The molecule has 0 aliphatic rings. The van der Waals surface area contributed by atoms with Crippen LogP contribution in [-0.2, 0) is 0 Å². The Morgan fingerprint density at radius 2 is 0.483 bits per heavy atom. The molecule has 0 aromatic carbocycles. The van der Waals surface area contributed by atoms with E-state index >= 15 is 0 Å². The topological polar surface area (TPSA) is 80.9 Å². The largest absolute Gasteiger partial charge is 0.396 e. The Kier molecular flexibility index (Phi) is 49.6. The highest BCUT2D eigenvalue weighted by Crippen LogP contribution is 2.27. The molecular formula is C56H104O4. The standard InChI is InChI=1S/4C14H26O/c4*1-5-6-7-14(12(2)3)9-8-13(4)10-11-15/h4*5,13-15H,1-2,6-11H2,3-4H3/t2*13-,14+;2*13-,14-/m1010/s1. The molecule has 0 unspecified atom stereocenters. The molecule has 0 saturated heterocycles. The molecule has 0 rings (SSSR count). The van der Waals surface area contributed by atoms with E-state index in [2.05, 4.69) is 108 Å². The van der Waals surface area contributed by atoms with Gasteiger partial charge in [-0.3, -0.25) is 0 Å². The fourth-order valence-electron chi connectivity index (χ4n) is 7.23. The van der Waals surface area contributed by atoms with E-state index < -0.39 is 0 Å². The van der Waals surface area contributed by atoms with Gasteiger partial charge in [0.1, 0.15) is 0 Å². The summed E-state index contributed by atoms with van der Waals surface area (Å²) in [5.74, 6) is 5.02. The lowest BCUT2D eigenvalue weighted by molar-refractivity contribution is 0.253. The van der Waals surface area contributed by atoms with Gasteiger partial charge in [0.05, 0.1) is 0 Å². The molecule has 0 bridgehead atoms. The van der Waals surface area contributed by atoms with Crippen molar-refractivity contribution in [2.75, 3.05) is 26.4 Å². The van der Waals surface area contributed by atoms with E-state index in [9.17, 15) is 0 Å². The smallest absolute Gasteiger partial charge is 0.0433 e. The quantitative estimate of drug-likeness (QED) is 0.0474. The van der Waals surface area contributed by atoms with Crippen LogP contribution in [0.3, 0.4) is 0 Å². The van der Waals surface area contributed by atoms with Crippen LogP contribution < -0.4 is 0 Å². The highest BCUT2D eigenvalue weighted by Gasteiger charge is 2.14. The molecule has 0 aromatic rings. The first kappa shape index (κ1) is 64.4. The second kappa shape index (κ2) is 46.3. The third kappa shape index (κ3) is 43.8. The van der Waals surface area contributed by atoms with Crippen LogP contribution in [0.1, 0.15) is 184 Å². The second-order valence-electron chi connectivity index (χ2n) is 18.4. The van der Waals surface area contributed by atoms with Crippen LogP contribution in [0, 0.1) is 47.3 Å². The molecule has 0 aromatic heterocycles. The van der Waals surface area contributed by atoms with Gasteiger partial charge in [0.25, 0.3) is 0 Å². The maximum atomic E-state index is 8.82. The predicted molar refractivity (Wildman–Crippen MR) is 271 cm³/mol. The van der Waals surface area contributed by atoms with Crippen molar-refractivity contribution in [1.82, 2.24) is 0 Å². The van der Waals surface area contributed by atoms with Gasteiger partial charge in [-0.05, 0) is 178 Å². The van der Waals surface area contributed by atoms with Crippen LogP contribution in [0.15, 0.2) is 99.2 Å². The van der Waals surface area contributed by atoms with Crippen LogP contribution in [0.2, 0.25) is 0 Å². The van der Waals surface area contributed by atoms with Crippen LogP contribution >= 0.6 is 0 Å².